The molecule has 94 valence electrons. The Hall–Kier alpha value is -1.17. The molecule has 0 spiro atoms. The smallest absolute Gasteiger partial charge is 0.265 e. The van der Waals surface area contributed by atoms with Gasteiger partial charge in [-0.15, -0.1) is 11.3 Å². The van der Waals surface area contributed by atoms with Gasteiger partial charge in [-0.3, -0.25) is 4.79 Å². The van der Waals surface area contributed by atoms with Crippen molar-refractivity contribution < 1.29 is 9.90 Å². The Kier molecular flexibility index (Phi) is 4.16. The fourth-order valence-electron chi connectivity index (χ4n) is 1.52. The van der Waals surface area contributed by atoms with Crippen LogP contribution in [0.15, 0.2) is 34.1 Å². The highest BCUT2D eigenvalue weighted by molar-refractivity contribution is 9.11. The average molecular weight is 326 g/mol. The third-order valence-electron chi connectivity index (χ3n) is 2.53. The molecule has 0 bridgehead atoms. The summed E-state index contributed by atoms with van der Waals surface area (Å²) in [5, 5.41) is 11.9. The van der Waals surface area contributed by atoms with Crippen LogP contribution < -0.4 is 5.32 Å². The van der Waals surface area contributed by atoms with Crippen LogP contribution in [0.2, 0.25) is 0 Å². The number of aliphatic hydroxyl groups is 1. The van der Waals surface area contributed by atoms with Gasteiger partial charge in [-0.25, -0.2) is 0 Å². The van der Waals surface area contributed by atoms with Crippen molar-refractivity contribution in [1.29, 1.82) is 0 Å². The molecule has 0 saturated heterocycles. The number of hydrogen-bond acceptors (Lipinski definition) is 3. The third kappa shape index (κ3) is 2.98. The van der Waals surface area contributed by atoms with Crippen LogP contribution in [0.1, 0.15) is 20.8 Å². The largest absolute Gasteiger partial charge is 0.392 e. The minimum Gasteiger partial charge on any atom is -0.392 e. The lowest BCUT2D eigenvalue weighted by Crippen LogP contribution is -2.11. The van der Waals surface area contributed by atoms with Crippen molar-refractivity contribution in [2.45, 2.75) is 13.5 Å². The topological polar surface area (TPSA) is 49.3 Å². The third-order valence-corrected chi connectivity index (χ3v) is 4.15. The number of hydrogen-bond donors (Lipinski definition) is 2. The molecule has 0 aliphatic carbocycles. The Morgan fingerprint density at radius 2 is 2.17 bits per heavy atom. The van der Waals surface area contributed by atoms with Gasteiger partial charge in [-0.05, 0) is 52.2 Å². The molecule has 3 nitrogen and oxygen atoms in total. The van der Waals surface area contributed by atoms with E-state index in [4.69, 9.17) is 5.11 Å². The number of carbonyl (C=O) groups excluding carboxylic acids is 1. The van der Waals surface area contributed by atoms with E-state index in [1.54, 1.807) is 12.1 Å². The predicted molar refractivity (Wildman–Crippen MR) is 77.1 cm³/mol. The first-order chi connectivity index (χ1) is 8.60. The first kappa shape index (κ1) is 13.3. The first-order valence-corrected chi connectivity index (χ1v) is 6.98. The number of halogens is 1. The van der Waals surface area contributed by atoms with Crippen LogP contribution in [-0.2, 0) is 6.61 Å². The Morgan fingerprint density at radius 1 is 1.39 bits per heavy atom. The minimum absolute atomic E-state index is 0.0340. The number of rotatable bonds is 3. The van der Waals surface area contributed by atoms with Gasteiger partial charge in [0.15, 0.2) is 0 Å². The lowest BCUT2D eigenvalue weighted by molar-refractivity contribution is 0.103. The summed E-state index contributed by atoms with van der Waals surface area (Å²) in [5.41, 5.74) is 2.48. The molecule has 0 radical (unpaired) electrons. The maximum Gasteiger partial charge on any atom is 0.265 e. The molecule has 0 fully saturated rings. The van der Waals surface area contributed by atoms with E-state index in [9.17, 15) is 4.79 Å². The molecule has 1 amide bonds. The lowest BCUT2D eigenvalue weighted by atomic mass is 10.1. The van der Waals surface area contributed by atoms with Gasteiger partial charge in [-0.1, -0.05) is 12.1 Å². The minimum atomic E-state index is -0.135. The zero-order valence-corrected chi connectivity index (χ0v) is 12.1. The van der Waals surface area contributed by atoms with Crippen LogP contribution in [0.3, 0.4) is 0 Å². The van der Waals surface area contributed by atoms with Gasteiger partial charge < -0.3 is 10.4 Å². The van der Waals surface area contributed by atoms with Crippen molar-refractivity contribution >= 4 is 38.9 Å². The molecule has 1 aromatic carbocycles. The summed E-state index contributed by atoms with van der Waals surface area (Å²) < 4.78 is 0.925. The number of aliphatic hydroxyl groups excluding tert-OH is 1. The fraction of sp³-hybridized carbons (Fsp3) is 0.154. The lowest BCUT2D eigenvalue weighted by Gasteiger charge is -2.08. The molecule has 5 heteroatoms. The molecule has 2 N–H and O–H groups in total. The highest BCUT2D eigenvalue weighted by Gasteiger charge is 2.10. The number of carbonyl (C=O) groups is 1. The molecule has 18 heavy (non-hydrogen) atoms. The first-order valence-electron chi connectivity index (χ1n) is 5.37. The second kappa shape index (κ2) is 5.65. The summed E-state index contributed by atoms with van der Waals surface area (Å²) in [6, 6.07) is 9.13. The zero-order chi connectivity index (χ0) is 13.1. The van der Waals surface area contributed by atoms with Gasteiger partial charge >= 0.3 is 0 Å². The molecule has 2 rings (SSSR count). The number of anilines is 1. The van der Waals surface area contributed by atoms with E-state index < -0.39 is 0 Å². The summed E-state index contributed by atoms with van der Waals surface area (Å²) in [6.07, 6.45) is 0. The van der Waals surface area contributed by atoms with Gasteiger partial charge in [0.1, 0.15) is 0 Å². The maximum absolute atomic E-state index is 12.0. The van der Waals surface area contributed by atoms with Crippen molar-refractivity contribution in [2.24, 2.45) is 0 Å². The van der Waals surface area contributed by atoms with E-state index >= 15 is 0 Å². The van der Waals surface area contributed by atoms with Gasteiger partial charge in [0.2, 0.25) is 0 Å². The highest BCUT2D eigenvalue weighted by atomic mass is 79.9. The van der Waals surface area contributed by atoms with Crippen LogP contribution in [-0.4, -0.2) is 11.0 Å². The fourth-order valence-corrected chi connectivity index (χ4v) is 2.80. The highest BCUT2D eigenvalue weighted by Crippen LogP contribution is 2.24. The molecule has 0 aliphatic heterocycles. The van der Waals surface area contributed by atoms with E-state index in [-0.39, 0.29) is 12.5 Å². The number of thiophene rings is 1. The molecule has 2 aromatic rings. The van der Waals surface area contributed by atoms with Crippen molar-refractivity contribution in [3.8, 4) is 0 Å². The van der Waals surface area contributed by atoms with Crippen LogP contribution in [0.4, 0.5) is 5.69 Å². The quantitative estimate of drug-likeness (QED) is 0.906. The Morgan fingerprint density at radius 3 is 2.78 bits per heavy atom. The van der Waals surface area contributed by atoms with Gasteiger partial charge in [0.05, 0.1) is 15.3 Å². The summed E-state index contributed by atoms with van der Waals surface area (Å²) in [4.78, 5) is 12.6. The number of benzene rings is 1. The molecule has 0 unspecified atom stereocenters. The molecular formula is C13H12BrNO2S. The maximum atomic E-state index is 12.0. The van der Waals surface area contributed by atoms with Crippen molar-refractivity contribution in [2.75, 3.05) is 5.32 Å². The van der Waals surface area contributed by atoms with Crippen molar-refractivity contribution in [3.05, 3.63) is 50.1 Å². The molecule has 0 atom stereocenters. The zero-order valence-electron chi connectivity index (χ0n) is 9.74. The second-order valence-corrected chi connectivity index (χ2v) is 6.33. The predicted octanol–water partition coefficient (Wildman–Crippen LogP) is 3.56. The van der Waals surface area contributed by atoms with Gasteiger partial charge in [0, 0.05) is 5.69 Å². The summed E-state index contributed by atoms with van der Waals surface area (Å²) in [6.45, 7) is 1.88. The summed E-state index contributed by atoms with van der Waals surface area (Å²) in [7, 11) is 0. The average Bonchev–Trinajstić information content (AvgIpc) is 2.79. The van der Waals surface area contributed by atoms with Gasteiger partial charge in [0.25, 0.3) is 5.91 Å². The van der Waals surface area contributed by atoms with Crippen LogP contribution in [0.5, 0.6) is 0 Å². The van der Waals surface area contributed by atoms with E-state index in [1.807, 2.05) is 25.1 Å². The van der Waals surface area contributed by atoms with Crippen molar-refractivity contribution in [3.63, 3.8) is 0 Å². The van der Waals surface area contributed by atoms with Crippen LogP contribution in [0.25, 0.3) is 0 Å². The summed E-state index contributed by atoms with van der Waals surface area (Å²) in [5.74, 6) is -0.135. The molecular weight excluding hydrogens is 314 g/mol. The molecule has 0 aliphatic rings. The summed E-state index contributed by atoms with van der Waals surface area (Å²) >= 11 is 4.71. The molecule has 1 heterocycles. The van der Waals surface area contributed by atoms with E-state index in [0.717, 1.165) is 20.6 Å². The van der Waals surface area contributed by atoms with Crippen molar-refractivity contribution in [1.82, 2.24) is 0 Å². The van der Waals surface area contributed by atoms with Crippen LogP contribution in [0, 0.1) is 6.92 Å². The normalized spacial score (nSPS) is 10.4. The Labute approximate surface area is 118 Å². The van der Waals surface area contributed by atoms with Gasteiger partial charge in [-0.2, -0.15) is 0 Å². The Balaban J connectivity index is 2.21. The number of aryl methyl sites for hydroxylation is 1. The van der Waals surface area contributed by atoms with E-state index in [0.29, 0.717) is 4.88 Å². The number of amides is 1. The Bertz CT molecular complexity index is 580. The van der Waals surface area contributed by atoms with E-state index in [1.165, 1.54) is 11.3 Å². The second-order valence-electron chi connectivity index (χ2n) is 3.87. The molecule has 0 saturated carbocycles. The molecule has 1 aromatic heterocycles. The van der Waals surface area contributed by atoms with E-state index in [2.05, 4.69) is 21.2 Å². The SMILES string of the molecule is Cc1ccc(CO)cc1NC(=O)c1ccc(Br)s1. The number of nitrogens with one attached hydrogen (secondary N) is 1. The standard InChI is InChI=1S/C13H12BrNO2S/c1-8-2-3-9(7-16)6-10(8)15-13(17)11-4-5-12(14)18-11/h2-6,16H,7H2,1H3,(H,15,17). The monoisotopic (exact) mass is 325 g/mol. The van der Waals surface area contributed by atoms with Crippen LogP contribution >= 0.6 is 27.3 Å².